The molecular weight excluding hydrogens is 488 g/mol. The maximum absolute atomic E-state index is 9.82. The standard InChI is InChI=1S/C31H28N6O2/c38-27-5-3-4-22(16-27)19-34-30-18-29(35-31(36-30)28-6-1-2-11-33-28)25-17-24(20-32-21-25)23-7-9-26(10-8-23)37-12-14-39-15-13-37/h1-11,16-18,20-21,38H,12-15,19H2,(H,34,35,36). The molecule has 1 aliphatic heterocycles. The lowest BCUT2D eigenvalue weighted by Gasteiger charge is -2.28. The summed E-state index contributed by atoms with van der Waals surface area (Å²) in [4.78, 5) is 20.9. The van der Waals surface area contributed by atoms with E-state index in [9.17, 15) is 5.11 Å². The molecule has 0 spiro atoms. The second-order valence-electron chi connectivity index (χ2n) is 9.31. The average molecular weight is 517 g/mol. The van der Waals surface area contributed by atoms with Crippen LogP contribution in [0.3, 0.4) is 0 Å². The van der Waals surface area contributed by atoms with Crippen LogP contribution in [0.1, 0.15) is 5.56 Å². The topological polar surface area (TPSA) is 96.3 Å². The summed E-state index contributed by atoms with van der Waals surface area (Å²) in [6, 6.07) is 25.4. The van der Waals surface area contributed by atoms with Gasteiger partial charge in [-0.15, -0.1) is 0 Å². The van der Waals surface area contributed by atoms with Gasteiger partial charge in [0.05, 0.1) is 18.9 Å². The summed E-state index contributed by atoms with van der Waals surface area (Å²) in [5.41, 5.74) is 6.54. The summed E-state index contributed by atoms with van der Waals surface area (Å²) in [6.07, 6.45) is 5.41. The number of aromatic nitrogens is 4. The number of anilines is 2. The Hall–Kier alpha value is -4.82. The molecular formula is C31H28N6O2. The fraction of sp³-hybridized carbons (Fsp3) is 0.161. The van der Waals surface area contributed by atoms with Crippen molar-refractivity contribution in [2.24, 2.45) is 0 Å². The highest BCUT2D eigenvalue weighted by atomic mass is 16.5. The van der Waals surface area contributed by atoms with Crippen molar-refractivity contribution in [2.45, 2.75) is 6.54 Å². The first-order valence-electron chi connectivity index (χ1n) is 12.9. The molecule has 0 radical (unpaired) electrons. The number of hydrogen-bond donors (Lipinski definition) is 2. The second kappa shape index (κ2) is 11.3. The summed E-state index contributed by atoms with van der Waals surface area (Å²) in [6.45, 7) is 3.84. The summed E-state index contributed by atoms with van der Waals surface area (Å²) in [7, 11) is 0. The van der Waals surface area contributed by atoms with Gasteiger partial charge in [-0.2, -0.15) is 0 Å². The fourth-order valence-electron chi connectivity index (χ4n) is 4.58. The summed E-state index contributed by atoms with van der Waals surface area (Å²) in [5, 5.41) is 13.2. The molecule has 3 aromatic heterocycles. The molecule has 2 aromatic carbocycles. The van der Waals surface area contributed by atoms with Crippen LogP contribution < -0.4 is 10.2 Å². The van der Waals surface area contributed by atoms with E-state index in [-0.39, 0.29) is 5.75 Å². The molecule has 4 heterocycles. The number of aromatic hydroxyl groups is 1. The number of rotatable bonds is 7. The van der Waals surface area contributed by atoms with Crippen molar-refractivity contribution < 1.29 is 9.84 Å². The first-order valence-corrected chi connectivity index (χ1v) is 12.9. The van der Waals surface area contributed by atoms with Gasteiger partial charge in [-0.25, -0.2) is 9.97 Å². The molecule has 0 atom stereocenters. The van der Waals surface area contributed by atoms with E-state index in [1.807, 2.05) is 48.8 Å². The largest absolute Gasteiger partial charge is 0.508 e. The minimum Gasteiger partial charge on any atom is -0.508 e. The lowest BCUT2D eigenvalue weighted by atomic mass is 10.0. The van der Waals surface area contributed by atoms with Gasteiger partial charge in [0, 0.05) is 61.1 Å². The van der Waals surface area contributed by atoms with Crippen LogP contribution in [0.2, 0.25) is 0 Å². The number of ether oxygens (including phenoxy) is 1. The monoisotopic (exact) mass is 516 g/mol. The molecule has 0 bridgehead atoms. The zero-order valence-corrected chi connectivity index (χ0v) is 21.4. The Morgan fingerprint density at radius 3 is 2.44 bits per heavy atom. The third-order valence-electron chi connectivity index (χ3n) is 6.62. The predicted octanol–water partition coefficient (Wildman–Crippen LogP) is 5.42. The molecule has 0 unspecified atom stereocenters. The number of pyridine rings is 2. The lowest BCUT2D eigenvalue weighted by molar-refractivity contribution is 0.122. The number of nitrogens with one attached hydrogen (secondary N) is 1. The number of phenols is 1. The smallest absolute Gasteiger partial charge is 0.180 e. The Morgan fingerprint density at radius 1 is 0.795 bits per heavy atom. The molecule has 194 valence electrons. The summed E-state index contributed by atoms with van der Waals surface area (Å²) in [5.74, 6) is 1.41. The molecule has 8 heteroatoms. The maximum Gasteiger partial charge on any atom is 0.180 e. The van der Waals surface area contributed by atoms with Crippen LogP contribution in [0, 0.1) is 0 Å². The van der Waals surface area contributed by atoms with Crippen molar-refractivity contribution in [2.75, 3.05) is 36.5 Å². The van der Waals surface area contributed by atoms with E-state index in [1.165, 1.54) is 5.69 Å². The predicted molar refractivity (Wildman–Crippen MR) is 152 cm³/mol. The third-order valence-corrected chi connectivity index (χ3v) is 6.62. The molecule has 6 rings (SSSR count). The number of phenolic OH excluding ortho intramolecular Hbond substituents is 1. The highest BCUT2D eigenvalue weighted by Gasteiger charge is 2.13. The van der Waals surface area contributed by atoms with Crippen LogP contribution in [0.15, 0.2) is 97.5 Å². The van der Waals surface area contributed by atoms with Gasteiger partial charge >= 0.3 is 0 Å². The van der Waals surface area contributed by atoms with E-state index in [0.29, 0.717) is 23.9 Å². The Balaban J connectivity index is 1.31. The third kappa shape index (κ3) is 5.86. The van der Waals surface area contributed by atoms with Crippen LogP contribution in [0.5, 0.6) is 5.75 Å². The van der Waals surface area contributed by atoms with Crippen molar-refractivity contribution in [3.8, 4) is 39.7 Å². The SMILES string of the molecule is Oc1cccc(CNc2cc(-c3cncc(-c4ccc(N5CCOCC5)cc4)c3)nc(-c3ccccn3)n2)c1. The zero-order valence-electron chi connectivity index (χ0n) is 21.4. The molecule has 1 fully saturated rings. The van der Waals surface area contributed by atoms with Gasteiger partial charge in [-0.1, -0.05) is 30.3 Å². The fourth-order valence-corrected chi connectivity index (χ4v) is 4.58. The highest BCUT2D eigenvalue weighted by Crippen LogP contribution is 2.29. The van der Waals surface area contributed by atoms with Crippen molar-refractivity contribution in [3.05, 3.63) is 103 Å². The molecule has 0 amide bonds. The Bertz CT molecular complexity index is 1550. The lowest BCUT2D eigenvalue weighted by Crippen LogP contribution is -2.36. The van der Waals surface area contributed by atoms with Crippen molar-refractivity contribution >= 4 is 11.5 Å². The van der Waals surface area contributed by atoms with Crippen LogP contribution in [-0.2, 0) is 11.3 Å². The van der Waals surface area contributed by atoms with Crippen LogP contribution in [0.4, 0.5) is 11.5 Å². The van der Waals surface area contributed by atoms with Gasteiger partial charge in [0.15, 0.2) is 5.82 Å². The molecule has 1 aliphatic rings. The van der Waals surface area contributed by atoms with Crippen molar-refractivity contribution in [1.29, 1.82) is 0 Å². The van der Waals surface area contributed by atoms with Crippen LogP contribution in [-0.4, -0.2) is 51.3 Å². The molecule has 5 aromatic rings. The highest BCUT2D eigenvalue weighted by molar-refractivity contribution is 5.73. The van der Waals surface area contributed by atoms with Crippen LogP contribution >= 0.6 is 0 Å². The van der Waals surface area contributed by atoms with E-state index < -0.39 is 0 Å². The van der Waals surface area contributed by atoms with E-state index in [1.54, 1.807) is 18.3 Å². The molecule has 0 aliphatic carbocycles. The van der Waals surface area contributed by atoms with Gasteiger partial charge < -0.3 is 20.1 Å². The van der Waals surface area contributed by atoms with E-state index >= 15 is 0 Å². The van der Waals surface area contributed by atoms with Gasteiger partial charge in [-0.3, -0.25) is 9.97 Å². The van der Waals surface area contributed by atoms with Gasteiger partial charge in [-0.05, 0) is 53.6 Å². The van der Waals surface area contributed by atoms with Crippen molar-refractivity contribution in [1.82, 2.24) is 19.9 Å². The molecule has 39 heavy (non-hydrogen) atoms. The van der Waals surface area contributed by atoms with E-state index in [0.717, 1.165) is 54.3 Å². The first-order chi connectivity index (χ1) is 19.2. The average Bonchev–Trinajstić information content (AvgIpc) is 3.01. The van der Waals surface area contributed by atoms with Gasteiger partial charge in [0.25, 0.3) is 0 Å². The molecule has 1 saturated heterocycles. The van der Waals surface area contributed by atoms with Crippen LogP contribution in [0.25, 0.3) is 33.9 Å². The summed E-state index contributed by atoms with van der Waals surface area (Å²) < 4.78 is 5.48. The summed E-state index contributed by atoms with van der Waals surface area (Å²) >= 11 is 0. The Morgan fingerprint density at radius 2 is 1.64 bits per heavy atom. The normalized spacial score (nSPS) is 13.3. The molecule has 8 nitrogen and oxygen atoms in total. The minimum absolute atomic E-state index is 0.229. The van der Waals surface area contributed by atoms with E-state index in [4.69, 9.17) is 14.7 Å². The number of morpholine rings is 1. The van der Waals surface area contributed by atoms with Gasteiger partial charge in [0.1, 0.15) is 17.3 Å². The number of hydrogen-bond acceptors (Lipinski definition) is 8. The molecule has 0 saturated carbocycles. The number of benzene rings is 2. The van der Waals surface area contributed by atoms with E-state index in [2.05, 4.69) is 50.5 Å². The molecule has 2 N–H and O–H groups in total. The quantitative estimate of drug-likeness (QED) is 0.296. The van der Waals surface area contributed by atoms with Crippen molar-refractivity contribution in [3.63, 3.8) is 0 Å². The number of nitrogens with zero attached hydrogens (tertiary/aromatic N) is 5. The first kappa shape index (κ1) is 24.5. The zero-order chi connectivity index (χ0) is 26.4. The second-order valence-corrected chi connectivity index (χ2v) is 9.31. The Labute approximate surface area is 227 Å². The minimum atomic E-state index is 0.229. The van der Waals surface area contributed by atoms with Gasteiger partial charge in [0.2, 0.25) is 0 Å². The maximum atomic E-state index is 9.82. The Kier molecular flexibility index (Phi) is 7.09.